The third-order valence-corrected chi connectivity index (χ3v) is 6.41. The van der Waals surface area contributed by atoms with Gasteiger partial charge in [-0.05, 0) is 30.9 Å². The number of ether oxygens (including phenoxy) is 2. The van der Waals surface area contributed by atoms with Crippen molar-refractivity contribution in [1.82, 2.24) is 9.03 Å². The quantitative estimate of drug-likeness (QED) is 0.828. The molecule has 8 nitrogen and oxygen atoms in total. The zero-order chi connectivity index (χ0) is 17.4. The molecular weight excluding hydrogens is 346 g/mol. The smallest absolute Gasteiger partial charge is 0.279 e. The van der Waals surface area contributed by atoms with Crippen LogP contribution in [0, 0.1) is 5.92 Å². The summed E-state index contributed by atoms with van der Waals surface area (Å²) in [5.41, 5.74) is 0.749. The van der Waals surface area contributed by atoms with E-state index in [1.165, 1.54) is 4.31 Å². The van der Waals surface area contributed by atoms with Crippen molar-refractivity contribution in [1.29, 1.82) is 0 Å². The van der Waals surface area contributed by atoms with E-state index >= 15 is 0 Å². The first kappa shape index (κ1) is 16.6. The normalized spacial score (nSPS) is 23.6. The van der Waals surface area contributed by atoms with E-state index in [2.05, 4.69) is 4.72 Å². The molecule has 1 aromatic carbocycles. The molecule has 1 atom stereocenters. The Hall–Kier alpha value is -1.84. The third kappa shape index (κ3) is 3.31. The maximum absolute atomic E-state index is 12.3. The summed E-state index contributed by atoms with van der Waals surface area (Å²) >= 11 is 0. The van der Waals surface area contributed by atoms with E-state index in [4.69, 9.17) is 9.47 Å². The Morgan fingerprint density at radius 2 is 1.92 bits per heavy atom. The molecule has 2 saturated heterocycles. The third-order valence-electron chi connectivity index (χ3n) is 4.83. The number of amides is 1. The van der Waals surface area contributed by atoms with E-state index in [-0.39, 0.29) is 25.2 Å². The van der Waals surface area contributed by atoms with E-state index in [1.807, 2.05) is 6.07 Å². The molecule has 4 rings (SSSR count). The highest BCUT2D eigenvalue weighted by molar-refractivity contribution is 7.87. The van der Waals surface area contributed by atoms with Gasteiger partial charge in [-0.15, -0.1) is 0 Å². The van der Waals surface area contributed by atoms with Gasteiger partial charge in [-0.3, -0.25) is 4.79 Å². The fourth-order valence-electron chi connectivity index (χ4n) is 3.46. The fourth-order valence-corrected chi connectivity index (χ4v) is 4.83. The number of hydrogen-bond donors (Lipinski definition) is 1. The number of benzene rings is 1. The van der Waals surface area contributed by atoms with Crippen molar-refractivity contribution in [2.24, 2.45) is 5.92 Å². The van der Waals surface area contributed by atoms with Gasteiger partial charge < -0.3 is 14.4 Å². The van der Waals surface area contributed by atoms with Gasteiger partial charge in [0.1, 0.15) is 0 Å². The second kappa shape index (κ2) is 6.47. The molecule has 25 heavy (non-hydrogen) atoms. The molecule has 9 heteroatoms. The molecule has 0 spiro atoms. The first-order chi connectivity index (χ1) is 12.0. The Kier molecular flexibility index (Phi) is 4.30. The summed E-state index contributed by atoms with van der Waals surface area (Å²) in [5.74, 6) is 1.24. The van der Waals surface area contributed by atoms with Crippen molar-refractivity contribution >= 4 is 21.8 Å². The van der Waals surface area contributed by atoms with Gasteiger partial charge in [0, 0.05) is 44.4 Å². The van der Waals surface area contributed by atoms with Crippen LogP contribution in [0.15, 0.2) is 18.2 Å². The van der Waals surface area contributed by atoms with Gasteiger partial charge in [-0.1, -0.05) is 0 Å². The van der Waals surface area contributed by atoms with Crippen LogP contribution in [0.1, 0.15) is 19.3 Å². The van der Waals surface area contributed by atoms with Crippen LogP contribution in [0.2, 0.25) is 0 Å². The molecule has 1 amide bonds. The molecule has 0 saturated carbocycles. The number of nitrogens with zero attached hydrogens (tertiary/aromatic N) is 2. The standard InChI is InChI=1S/C16H21N3O5S/c20-16-7-12(9-17-25(21,22)18-5-1-2-6-18)10-19(16)13-3-4-14-15(8-13)24-11-23-14/h3-4,8,12,17H,1-2,5-7,9-11H2. The van der Waals surface area contributed by atoms with Gasteiger partial charge in [0.25, 0.3) is 10.2 Å². The Labute approximate surface area is 146 Å². The Morgan fingerprint density at radius 3 is 2.72 bits per heavy atom. The van der Waals surface area contributed by atoms with Gasteiger partial charge in [-0.2, -0.15) is 12.7 Å². The predicted octanol–water partition coefficient (Wildman–Crippen LogP) is 0.698. The molecule has 0 bridgehead atoms. The van der Waals surface area contributed by atoms with Crippen LogP contribution in [0.5, 0.6) is 11.5 Å². The van der Waals surface area contributed by atoms with E-state index < -0.39 is 10.2 Å². The summed E-state index contributed by atoms with van der Waals surface area (Å²) in [6.07, 6.45) is 2.14. The van der Waals surface area contributed by atoms with Gasteiger partial charge in [0.15, 0.2) is 11.5 Å². The SMILES string of the molecule is O=C1CC(CNS(=O)(=O)N2CCCC2)CN1c1ccc2c(c1)OCO2. The van der Waals surface area contributed by atoms with Crippen molar-refractivity contribution in [3.63, 3.8) is 0 Å². The van der Waals surface area contributed by atoms with Gasteiger partial charge in [0.2, 0.25) is 12.7 Å². The minimum atomic E-state index is -3.44. The molecule has 0 aromatic heterocycles. The van der Waals surface area contributed by atoms with Crippen LogP contribution in [0.25, 0.3) is 0 Å². The highest BCUT2D eigenvalue weighted by Crippen LogP contribution is 2.37. The minimum absolute atomic E-state index is 0.00997. The first-order valence-electron chi connectivity index (χ1n) is 8.48. The molecule has 1 N–H and O–H groups in total. The summed E-state index contributed by atoms with van der Waals surface area (Å²) < 4.78 is 39.2. The number of carbonyl (C=O) groups excluding carboxylic acids is 1. The van der Waals surface area contributed by atoms with E-state index in [1.54, 1.807) is 17.0 Å². The molecule has 3 aliphatic rings. The van der Waals surface area contributed by atoms with Crippen LogP contribution < -0.4 is 19.1 Å². The fraction of sp³-hybridized carbons (Fsp3) is 0.562. The second-order valence-corrected chi connectivity index (χ2v) is 8.33. The topological polar surface area (TPSA) is 88.2 Å². The van der Waals surface area contributed by atoms with Crippen LogP contribution in [0.4, 0.5) is 5.69 Å². The average Bonchev–Trinajstić information content (AvgIpc) is 3.33. The van der Waals surface area contributed by atoms with Crippen LogP contribution in [-0.2, 0) is 15.0 Å². The summed E-state index contributed by atoms with van der Waals surface area (Å²) in [6.45, 7) is 2.09. The molecule has 2 fully saturated rings. The molecule has 136 valence electrons. The van der Waals surface area contributed by atoms with E-state index in [9.17, 15) is 13.2 Å². The molecule has 3 aliphatic heterocycles. The lowest BCUT2D eigenvalue weighted by atomic mass is 10.1. The summed E-state index contributed by atoms with van der Waals surface area (Å²) in [4.78, 5) is 14.0. The zero-order valence-electron chi connectivity index (χ0n) is 13.8. The maximum Gasteiger partial charge on any atom is 0.279 e. The largest absolute Gasteiger partial charge is 0.454 e. The maximum atomic E-state index is 12.3. The Morgan fingerprint density at radius 1 is 1.16 bits per heavy atom. The molecule has 1 aromatic rings. The van der Waals surface area contributed by atoms with Crippen LogP contribution >= 0.6 is 0 Å². The summed E-state index contributed by atoms with van der Waals surface area (Å²) in [5, 5.41) is 0. The van der Waals surface area contributed by atoms with E-state index in [0.717, 1.165) is 18.5 Å². The zero-order valence-corrected chi connectivity index (χ0v) is 14.6. The molecule has 0 radical (unpaired) electrons. The number of carbonyl (C=O) groups is 1. The Balaban J connectivity index is 1.39. The number of anilines is 1. The highest BCUT2D eigenvalue weighted by atomic mass is 32.2. The molecule has 0 aliphatic carbocycles. The van der Waals surface area contributed by atoms with Crippen LogP contribution in [-0.4, -0.2) is 51.6 Å². The highest BCUT2D eigenvalue weighted by Gasteiger charge is 2.33. The van der Waals surface area contributed by atoms with Crippen molar-refractivity contribution in [3.8, 4) is 11.5 Å². The monoisotopic (exact) mass is 367 g/mol. The summed E-state index contributed by atoms with van der Waals surface area (Å²) in [7, 11) is -3.44. The molecule has 3 heterocycles. The number of nitrogens with one attached hydrogen (secondary N) is 1. The van der Waals surface area contributed by atoms with Crippen molar-refractivity contribution < 1.29 is 22.7 Å². The lowest BCUT2D eigenvalue weighted by Gasteiger charge is -2.19. The van der Waals surface area contributed by atoms with Crippen LogP contribution in [0.3, 0.4) is 0 Å². The average molecular weight is 367 g/mol. The van der Waals surface area contributed by atoms with Gasteiger partial charge in [-0.25, -0.2) is 4.72 Å². The van der Waals surface area contributed by atoms with Gasteiger partial charge >= 0.3 is 0 Å². The van der Waals surface area contributed by atoms with Crippen molar-refractivity contribution in [2.45, 2.75) is 19.3 Å². The minimum Gasteiger partial charge on any atom is -0.454 e. The second-order valence-electron chi connectivity index (χ2n) is 6.57. The number of rotatable bonds is 5. The van der Waals surface area contributed by atoms with Crippen molar-refractivity contribution in [2.75, 3.05) is 37.9 Å². The molecular formula is C16H21N3O5S. The van der Waals surface area contributed by atoms with Crippen molar-refractivity contribution in [3.05, 3.63) is 18.2 Å². The van der Waals surface area contributed by atoms with E-state index in [0.29, 0.717) is 37.6 Å². The number of hydrogen-bond acceptors (Lipinski definition) is 5. The Bertz CT molecular complexity index is 776. The summed E-state index contributed by atoms with van der Waals surface area (Å²) in [6, 6.07) is 5.40. The predicted molar refractivity (Wildman–Crippen MR) is 90.8 cm³/mol. The lowest BCUT2D eigenvalue weighted by Crippen LogP contribution is -2.41. The number of fused-ring (bicyclic) bond motifs is 1. The molecule has 1 unspecified atom stereocenters. The van der Waals surface area contributed by atoms with Gasteiger partial charge in [0.05, 0.1) is 0 Å². The first-order valence-corrected chi connectivity index (χ1v) is 9.92. The lowest BCUT2D eigenvalue weighted by molar-refractivity contribution is -0.117.